The monoisotopic (exact) mass is 254 g/mol. The number of aryl methyl sites for hydroxylation is 2. The highest BCUT2D eigenvalue weighted by atomic mass is 15.2. The van der Waals surface area contributed by atoms with Crippen LogP contribution in [-0.4, -0.2) is 21.5 Å². The van der Waals surface area contributed by atoms with Gasteiger partial charge in [-0.2, -0.15) is 0 Å². The quantitative estimate of drug-likeness (QED) is 0.826. The highest BCUT2D eigenvalue weighted by Crippen LogP contribution is 2.34. The topological polar surface area (TPSA) is 41.9 Å². The normalized spacial score (nSPS) is 18.8. The summed E-state index contributed by atoms with van der Waals surface area (Å²) >= 11 is 0. The van der Waals surface area contributed by atoms with Crippen molar-refractivity contribution in [2.45, 2.75) is 32.7 Å². The van der Waals surface area contributed by atoms with Crippen LogP contribution in [0, 0.1) is 13.8 Å². The Morgan fingerprint density at radius 1 is 1.26 bits per heavy atom. The average Bonchev–Trinajstić information content (AvgIpc) is 2.88. The number of pyridine rings is 1. The molecule has 4 nitrogen and oxygen atoms in total. The smallest absolute Gasteiger partial charge is 0.133 e. The third-order valence-electron chi connectivity index (χ3n) is 3.57. The molecule has 1 saturated heterocycles. The highest BCUT2D eigenvalue weighted by Gasteiger charge is 2.27. The Bertz CT molecular complexity index is 547. The van der Waals surface area contributed by atoms with E-state index in [-0.39, 0.29) is 0 Å². The van der Waals surface area contributed by atoms with E-state index in [0.717, 1.165) is 30.3 Å². The van der Waals surface area contributed by atoms with Crippen LogP contribution in [0.4, 0.5) is 5.82 Å². The zero-order chi connectivity index (χ0) is 13.2. The van der Waals surface area contributed by atoms with Gasteiger partial charge in [-0.15, -0.1) is 0 Å². The van der Waals surface area contributed by atoms with Crippen molar-refractivity contribution in [3.63, 3.8) is 0 Å². The summed E-state index contributed by atoms with van der Waals surface area (Å²) in [7, 11) is 0. The maximum Gasteiger partial charge on any atom is 0.133 e. The van der Waals surface area contributed by atoms with Gasteiger partial charge in [0, 0.05) is 30.7 Å². The number of nitrogens with zero attached hydrogens (tertiary/aromatic N) is 4. The SMILES string of the molecule is Cc1cc(N2CCC[C@H]2c2cccnc2)nc(C)n1. The van der Waals surface area contributed by atoms with Gasteiger partial charge < -0.3 is 4.90 Å². The molecule has 3 heterocycles. The molecule has 0 amide bonds. The Labute approximate surface area is 113 Å². The molecule has 0 spiro atoms. The summed E-state index contributed by atoms with van der Waals surface area (Å²) in [5.41, 5.74) is 2.30. The van der Waals surface area contributed by atoms with Gasteiger partial charge in [0.25, 0.3) is 0 Å². The lowest BCUT2D eigenvalue weighted by atomic mass is 10.1. The summed E-state index contributed by atoms with van der Waals surface area (Å²) in [4.78, 5) is 15.5. The van der Waals surface area contributed by atoms with E-state index < -0.39 is 0 Å². The van der Waals surface area contributed by atoms with Gasteiger partial charge >= 0.3 is 0 Å². The van der Waals surface area contributed by atoms with Crippen molar-refractivity contribution < 1.29 is 0 Å². The predicted molar refractivity (Wildman–Crippen MR) is 75.1 cm³/mol. The number of anilines is 1. The van der Waals surface area contributed by atoms with Crippen molar-refractivity contribution in [1.82, 2.24) is 15.0 Å². The molecule has 0 saturated carbocycles. The predicted octanol–water partition coefficient (Wildman–Crippen LogP) is 2.83. The van der Waals surface area contributed by atoms with E-state index in [9.17, 15) is 0 Å². The second kappa shape index (κ2) is 4.96. The lowest BCUT2D eigenvalue weighted by Crippen LogP contribution is -2.24. The van der Waals surface area contributed by atoms with E-state index in [0.29, 0.717) is 6.04 Å². The van der Waals surface area contributed by atoms with E-state index in [2.05, 4.69) is 32.0 Å². The minimum absolute atomic E-state index is 0.391. The van der Waals surface area contributed by atoms with Crippen molar-refractivity contribution in [2.24, 2.45) is 0 Å². The summed E-state index contributed by atoms with van der Waals surface area (Å²) in [5.74, 6) is 1.88. The lowest BCUT2D eigenvalue weighted by molar-refractivity contribution is 0.704. The third kappa shape index (κ3) is 2.43. The number of hydrogen-bond donors (Lipinski definition) is 0. The van der Waals surface area contributed by atoms with Crippen LogP contribution in [-0.2, 0) is 0 Å². The second-order valence-corrected chi connectivity index (χ2v) is 5.05. The molecule has 19 heavy (non-hydrogen) atoms. The van der Waals surface area contributed by atoms with Crippen LogP contribution < -0.4 is 4.90 Å². The summed E-state index contributed by atoms with van der Waals surface area (Å²) in [5, 5.41) is 0. The van der Waals surface area contributed by atoms with E-state index in [1.165, 1.54) is 12.0 Å². The first kappa shape index (κ1) is 12.1. The lowest BCUT2D eigenvalue weighted by Gasteiger charge is -2.26. The Morgan fingerprint density at radius 2 is 2.16 bits per heavy atom. The fourth-order valence-corrected chi connectivity index (χ4v) is 2.81. The molecular formula is C15H18N4. The van der Waals surface area contributed by atoms with Crippen molar-refractivity contribution in [3.05, 3.63) is 47.7 Å². The van der Waals surface area contributed by atoms with Crippen LogP contribution in [0.25, 0.3) is 0 Å². The molecule has 1 aliphatic heterocycles. The summed E-state index contributed by atoms with van der Waals surface area (Å²) in [6.45, 7) is 5.02. The molecule has 1 aliphatic rings. The van der Waals surface area contributed by atoms with Gasteiger partial charge in [0.2, 0.25) is 0 Å². The number of aromatic nitrogens is 3. The van der Waals surface area contributed by atoms with Crippen LogP contribution in [0.1, 0.15) is 36.0 Å². The van der Waals surface area contributed by atoms with E-state index in [4.69, 9.17) is 0 Å². The van der Waals surface area contributed by atoms with Gasteiger partial charge in [-0.25, -0.2) is 9.97 Å². The Balaban J connectivity index is 1.95. The molecule has 3 rings (SSSR count). The largest absolute Gasteiger partial charge is 0.349 e. The van der Waals surface area contributed by atoms with Crippen LogP contribution in [0.3, 0.4) is 0 Å². The van der Waals surface area contributed by atoms with E-state index >= 15 is 0 Å². The van der Waals surface area contributed by atoms with Gasteiger partial charge in [-0.05, 0) is 38.3 Å². The summed E-state index contributed by atoms with van der Waals surface area (Å²) in [6.07, 6.45) is 6.14. The zero-order valence-corrected chi connectivity index (χ0v) is 11.4. The van der Waals surface area contributed by atoms with Crippen molar-refractivity contribution in [2.75, 3.05) is 11.4 Å². The van der Waals surface area contributed by atoms with E-state index in [1.807, 2.05) is 32.3 Å². The van der Waals surface area contributed by atoms with Crippen molar-refractivity contribution in [3.8, 4) is 0 Å². The van der Waals surface area contributed by atoms with Gasteiger partial charge in [-0.3, -0.25) is 4.98 Å². The first-order chi connectivity index (χ1) is 9.24. The molecule has 1 fully saturated rings. The van der Waals surface area contributed by atoms with Gasteiger partial charge in [0.15, 0.2) is 0 Å². The number of rotatable bonds is 2. The van der Waals surface area contributed by atoms with Gasteiger partial charge in [-0.1, -0.05) is 6.07 Å². The molecule has 2 aromatic heterocycles. The molecule has 0 radical (unpaired) electrons. The molecule has 4 heteroatoms. The molecule has 0 aromatic carbocycles. The molecule has 0 aliphatic carbocycles. The fraction of sp³-hybridized carbons (Fsp3) is 0.400. The second-order valence-electron chi connectivity index (χ2n) is 5.05. The minimum Gasteiger partial charge on any atom is -0.349 e. The Morgan fingerprint density at radius 3 is 2.89 bits per heavy atom. The standard InChI is InChI=1S/C15H18N4/c1-11-9-15(18-12(2)17-11)19-8-4-6-14(19)13-5-3-7-16-10-13/h3,5,7,9-10,14H,4,6,8H2,1-2H3/t14-/m0/s1. The molecule has 98 valence electrons. The molecule has 0 N–H and O–H groups in total. The van der Waals surface area contributed by atoms with Gasteiger partial charge in [0.1, 0.15) is 11.6 Å². The Hall–Kier alpha value is -1.97. The highest BCUT2D eigenvalue weighted by molar-refractivity contribution is 5.44. The van der Waals surface area contributed by atoms with E-state index in [1.54, 1.807) is 0 Å². The molecular weight excluding hydrogens is 236 g/mol. The molecule has 2 aromatic rings. The third-order valence-corrected chi connectivity index (χ3v) is 3.57. The fourth-order valence-electron chi connectivity index (χ4n) is 2.81. The Kier molecular flexibility index (Phi) is 3.15. The van der Waals surface area contributed by atoms with Crippen LogP contribution in [0.15, 0.2) is 30.6 Å². The number of hydrogen-bond acceptors (Lipinski definition) is 4. The molecule has 0 unspecified atom stereocenters. The average molecular weight is 254 g/mol. The molecule has 0 bridgehead atoms. The maximum atomic E-state index is 4.59. The first-order valence-corrected chi connectivity index (χ1v) is 6.73. The zero-order valence-electron chi connectivity index (χ0n) is 11.4. The minimum atomic E-state index is 0.391. The first-order valence-electron chi connectivity index (χ1n) is 6.73. The van der Waals surface area contributed by atoms with Crippen LogP contribution in [0.2, 0.25) is 0 Å². The van der Waals surface area contributed by atoms with Crippen molar-refractivity contribution >= 4 is 5.82 Å². The van der Waals surface area contributed by atoms with Gasteiger partial charge in [0.05, 0.1) is 6.04 Å². The van der Waals surface area contributed by atoms with Crippen LogP contribution >= 0.6 is 0 Å². The maximum absolute atomic E-state index is 4.59. The summed E-state index contributed by atoms with van der Waals surface area (Å²) < 4.78 is 0. The van der Waals surface area contributed by atoms with Crippen molar-refractivity contribution in [1.29, 1.82) is 0 Å². The molecule has 1 atom stereocenters. The summed E-state index contributed by atoms with van der Waals surface area (Å²) in [6, 6.07) is 6.61. The van der Waals surface area contributed by atoms with Crippen LogP contribution in [0.5, 0.6) is 0 Å².